The van der Waals surface area contributed by atoms with Crippen LogP contribution in [0.25, 0.3) is 0 Å². The van der Waals surface area contributed by atoms with Gasteiger partial charge in [-0.15, -0.1) is 0 Å². The van der Waals surface area contributed by atoms with Crippen molar-refractivity contribution in [2.45, 2.75) is 88.2 Å². The van der Waals surface area contributed by atoms with Crippen LogP contribution in [-0.2, 0) is 41.6 Å². The van der Waals surface area contributed by atoms with E-state index >= 15 is 0 Å². The van der Waals surface area contributed by atoms with Crippen molar-refractivity contribution in [1.29, 1.82) is 0 Å². The lowest BCUT2D eigenvalue weighted by Gasteiger charge is -2.46. The minimum absolute atomic E-state index is 0.0180. The molecule has 2 spiro atoms. The van der Waals surface area contributed by atoms with Gasteiger partial charge in [-0.3, -0.25) is 0 Å². The number of ether oxygens (including phenoxy) is 7. The molecule has 0 unspecified atom stereocenters. The number of fused-ring (bicyclic) bond motifs is 1. The van der Waals surface area contributed by atoms with Crippen LogP contribution in [0.5, 0.6) is 5.75 Å². The zero-order chi connectivity index (χ0) is 26.7. The summed E-state index contributed by atoms with van der Waals surface area (Å²) in [5, 5.41) is 0. The standard InChI is InChI=1S/C32H40O7/c1-23-17-29-30(18-28(36-29)22-35-19-24-7-4-3-5-8-24)38-32(23)16-15-31(39-32)14-6-9-27(37-31)21-34-20-25-10-12-26(33-2)13-11-25/h3-13,23,27-30H,14-22H2,1-2H3/t23-,27+,28+,29-,30-,31+,32-/m1/s1. The second kappa shape index (κ2) is 11.7. The summed E-state index contributed by atoms with van der Waals surface area (Å²) in [5.41, 5.74) is 2.27. The molecule has 0 saturated carbocycles. The molecule has 6 rings (SSSR count). The van der Waals surface area contributed by atoms with Crippen LogP contribution in [-0.4, -0.2) is 56.3 Å². The molecule has 0 amide bonds. The van der Waals surface area contributed by atoms with Gasteiger partial charge < -0.3 is 33.2 Å². The molecule has 210 valence electrons. The Morgan fingerprint density at radius 2 is 1.62 bits per heavy atom. The third-order valence-electron chi connectivity index (χ3n) is 8.45. The Bertz CT molecular complexity index is 1110. The average Bonchev–Trinajstić information content (AvgIpc) is 3.51. The van der Waals surface area contributed by atoms with E-state index in [1.54, 1.807) is 7.11 Å². The smallest absolute Gasteiger partial charge is 0.176 e. The third-order valence-corrected chi connectivity index (χ3v) is 8.45. The molecule has 39 heavy (non-hydrogen) atoms. The van der Waals surface area contributed by atoms with Gasteiger partial charge in [-0.25, -0.2) is 0 Å². The summed E-state index contributed by atoms with van der Waals surface area (Å²) in [6.45, 7) is 4.38. The third kappa shape index (κ3) is 6.09. The highest BCUT2D eigenvalue weighted by Crippen LogP contribution is 2.52. The van der Waals surface area contributed by atoms with E-state index in [1.165, 1.54) is 5.56 Å². The van der Waals surface area contributed by atoms with Crippen LogP contribution in [0.4, 0.5) is 0 Å². The number of benzene rings is 2. The molecular formula is C32H40O7. The minimum atomic E-state index is -0.665. The highest BCUT2D eigenvalue weighted by Gasteiger charge is 2.59. The van der Waals surface area contributed by atoms with Crippen molar-refractivity contribution < 1.29 is 33.2 Å². The molecule has 2 aromatic rings. The fourth-order valence-corrected chi connectivity index (χ4v) is 6.33. The highest BCUT2D eigenvalue weighted by molar-refractivity contribution is 5.26. The topological polar surface area (TPSA) is 64.6 Å². The number of hydrogen-bond donors (Lipinski definition) is 0. The quantitative estimate of drug-likeness (QED) is 0.389. The number of rotatable bonds is 9. The van der Waals surface area contributed by atoms with Gasteiger partial charge in [-0.05, 0) is 29.7 Å². The van der Waals surface area contributed by atoms with Crippen molar-refractivity contribution in [3.8, 4) is 5.75 Å². The van der Waals surface area contributed by atoms with Gasteiger partial charge in [0.05, 0.1) is 51.8 Å². The van der Waals surface area contributed by atoms with Gasteiger partial charge in [0.25, 0.3) is 0 Å². The summed E-state index contributed by atoms with van der Waals surface area (Å²) >= 11 is 0. The summed E-state index contributed by atoms with van der Waals surface area (Å²) < 4.78 is 43.6. The molecule has 3 saturated heterocycles. The second-order valence-corrected chi connectivity index (χ2v) is 11.3. The Balaban J connectivity index is 0.997. The Morgan fingerprint density at radius 1 is 0.846 bits per heavy atom. The maximum absolute atomic E-state index is 6.78. The van der Waals surface area contributed by atoms with E-state index in [-0.39, 0.29) is 30.3 Å². The lowest BCUT2D eigenvalue weighted by atomic mass is 9.86. The molecule has 3 fully saturated rings. The zero-order valence-electron chi connectivity index (χ0n) is 23.0. The van der Waals surface area contributed by atoms with E-state index in [0.29, 0.717) is 26.4 Å². The van der Waals surface area contributed by atoms with Crippen molar-refractivity contribution in [2.75, 3.05) is 20.3 Å². The maximum Gasteiger partial charge on any atom is 0.176 e. The van der Waals surface area contributed by atoms with Crippen molar-refractivity contribution in [1.82, 2.24) is 0 Å². The Labute approximate surface area is 231 Å². The molecule has 2 aromatic carbocycles. The van der Waals surface area contributed by atoms with E-state index < -0.39 is 11.6 Å². The van der Waals surface area contributed by atoms with Crippen LogP contribution in [0.15, 0.2) is 66.7 Å². The van der Waals surface area contributed by atoms with E-state index in [1.807, 2.05) is 42.5 Å². The van der Waals surface area contributed by atoms with Crippen molar-refractivity contribution >= 4 is 0 Å². The molecule has 0 radical (unpaired) electrons. The Hall–Kier alpha value is -2.26. The van der Waals surface area contributed by atoms with Gasteiger partial charge in [0.15, 0.2) is 11.6 Å². The summed E-state index contributed by atoms with van der Waals surface area (Å²) in [5.74, 6) is -0.249. The first-order chi connectivity index (χ1) is 19.0. The SMILES string of the molecule is COc1ccc(COC[C@@H]2C=CC[C@]3(CC[C@@]4(O[C@@H]5C[C@@H](COCc6ccccc6)O[C@@H]5C[C@H]4C)O3)O2)cc1. The van der Waals surface area contributed by atoms with Gasteiger partial charge in [0, 0.05) is 31.6 Å². The lowest BCUT2D eigenvalue weighted by molar-refractivity contribution is -0.369. The highest BCUT2D eigenvalue weighted by atomic mass is 16.8. The Morgan fingerprint density at radius 3 is 2.41 bits per heavy atom. The molecule has 4 aliphatic heterocycles. The van der Waals surface area contributed by atoms with Gasteiger partial charge >= 0.3 is 0 Å². The fourth-order valence-electron chi connectivity index (χ4n) is 6.33. The molecular weight excluding hydrogens is 496 g/mol. The molecule has 0 aromatic heterocycles. The van der Waals surface area contributed by atoms with Crippen LogP contribution >= 0.6 is 0 Å². The van der Waals surface area contributed by atoms with Gasteiger partial charge in [-0.2, -0.15) is 0 Å². The maximum atomic E-state index is 6.78. The van der Waals surface area contributed by atoms with Crippen molar-refractivity contribution in [3.63, 3.8) is 0 Å². The predicted octanol–water partition coefficient (Wildman–Crippen LogP) is 5.56. The molecule has 0 bridgehead atoms. The second-order valence-electron chi connectivity index (χ2n) is 11.3. The van der Waals surface area contributed by atoms with Crippen LogP contribution < -0.4 is 4.74 Å². The molecule has 7 nitrogen and oxygen atoms in total. The van der Waals surface area contributed by atoms with Crippen LogP contribution in [0, 0.1) is 5.92 Å². The molecule has 7 atom stereocenters. The number of methoxy groups -OCH3 is 1. The fraction of sp³-hybridized carbons (Fsp3) is 0.562. The van der Waals surface area contributed by atoms with E-state index in [9.17, 15) is 0 Å². The van der Waals surface area contributed by atoms with E-state index in [2.05, 4.69) is 31.2 Å². The van der Waals surface area contributed by atoms with Crippen LogP contribution in [0.3, 0.4) is 0 Å². The van der Waals surface area contributed by atoms with Gasteiger partial charge in [0.2, 0.25) is 0 Å². The first-order valence-corrected chi connectivity index (χ1v) is 14.2. The number of hydrogen-bond acceptors (Lipinski definition) is 7. The summed E-state index contributed by atoms with van der Waals surface area (Å²) in [7, 11) is 1.67. The minimum Gasteiger partial charge on any atom is -0.497 e. The van der Waals surface area contributed by atoms with Crippen LogP contribution in [0.2, 0.25) is 0 Å². The zero-order valence-corrected chi connectivity index (χ0v) is 23.0. The first kappa shape index (κ1) is 26.9. The lowest BCUT2D eigenvalue weighted by Crippen LogP contribution is -2.53. The van der Waals surface area contributed by atoms with Gasteiger partial charge in [0.1, 0.15) is 11.9 Å². The van der Waals surface area contributed by atoms with E-state index in [4.69, 9.17) is 33.2 Å². The summed E-state index contributed by atoms with van der Waals surface area (Å²) in [4.78, 5) is 0. The summed E-state index contributed by atoms with van der Waals surface area (Å²) in [6.07, 6.45) is 8.33. The van der Waals surface area contributed by atoms with Crippen molar-refractivity contribution in [3.05, 3.63) is 77.9 Å². The molecule has 4 heterocycles. The van der Waals surface area contributed by atoms with Gasteiger partial charge in [-0.1, -0.05) is 61.5 Å². The summed E-state index contributed by atoms with van der Waals surface area (Å²) in [6, 6.07) is 18.2. The molecule has 0 aliphatic carbocycles. The average molecular weight is 537 g/mol. The molecule has 4 aliphatic rings. The predicted molar refractivity (Wildman–Crippen MR) is 145 cm³/mol. The Kier molecular flexibility index (Phi) is 8.08. The van der Waals surface area contributed by atoms with E-state index in [0.717, 1.165) is 43.4 Å². The largest absolute Gasteiger partial charge is 0.497 e. The normalized spacial score (nSPS) is 35.5. The molecule has 0 N–H and O–H groups in total. The van der Waals surface area contributed by atoms with Crippen molar-refractivity contribution in [2.24, 2.45) is 5.92 Å². The van der Waals surface area contributed by atoms with Crippen LogP contribution in [0.1, 0.15) is 50.2 Å². The monoisotopic (exact) mass is 536 g/mol. The first-order valence-electron chi connectivity index (χ1n) is 14.2. The molecule has 7 heteroatoms.